The summed E-state index contributed by atoms with van der Waals surface area (Å²) in [6.45, 7) is 7.14. The minimum absolute atomic E-state index is 0.143. The number of rotatable bonds is 3. The van der Waals surface area contributed by atoms with Crippen molar-refractivity contribution in [3.8, 4) is 5.75 Å². The van der Waals surface area contributed by atoms with Crippen LogP contribution in [0.3, 0.4) is 0 Å². The molecule has 0 radical (unpaired) electrons. The maximum atomic E-state index is 12.2. The number of ether oxygens (including phenoxy) is 1. The predicted molar refractivity (Wildman–Crippen MR) is 68.4 cm³/mol. The third-order valence-electron chi connectivity index (χ3n) is 3.85. The highest BCUT2D eigenvalue weighted by Crippen LogP contribution is 2.41. The van der Waals surface area contributed by atoms with Crippen molar-refractivity contribution in [3.05, 3.63) is 23.8 Å². The Morgan fingerprint density at radius 1 is 1.26 bits per heavy atom. The van der Waals surface area contributed by atoms with E-state index in [2.05, 4.69) is 30.8 Å². The van der Waals surface area contributed by atoms with Gasteiger partial charge in [-0.15, -0.1) is 13.2 Å². The largest absolute Gasteiger partial charge is 0.573 e. The highest BCUT2D eigenvalue weighted by molar-refractivity contribution is 5.60. The highest BCUT2D eigenvalue weighted by atomic mass is 19.4. The van der Waals surface area contributed by atoms with E-state index in [0.29, 0.717) is 11.8 Å². The van der Waals surface area contributed by atoms with Gasteiger partial charge in [-0.3, -0.25) is 0 Å². The normalized spacial score (nSPS) is 20.1. The number of hydrogen-bond donors (Lipinski definition) is 1. The first-order valence-corrected chi connectivity index (χ1v) is 6.41. The van der Waals surface area contributed by atoms with Crippen LogP contribution in [0.4, 0.5) is 18.9 Å². The van der Waals surface area contributed by atoms with Gasteiger partial charge in [0.2, 0.25) is 0 Å². The number of alkyl halides is 3. The molecule has 0 saturated heterocycles. The van der Waals surface area contributed by atoms with Crippen LogP contribution in [-0.2, 0) is 0 Å². The molecule has 1 aromatic carbocycles. The van der Waals surface area contributed by atoms with Crippen LogP contribution in [0.2, 0.25) is 0 Å². The molecule has 0 spiro atoms. The fourth-order valence-corrected chi connectivity index (χ4v) is 2.47. The van der Waals surface area contributed by atoms with Crippen molar-refractivity contribution in [3.63, 3.8) is 0 Å². The van der Waals surface area contributed by atoms with Crippen molar-refractivity contribution in [2.24, 2.45) is 11.8 Å². The molecule has 2 rings (SSSR count). The Labute approximate surface area is 111 Å². The van der Waals surface area contributed by atoms with Gasteiger partial charge in [0.05, 0.1) is 0 Å². The lowest BCUT2D eigenvalue weighted by molar-refractivity contribution is -0.274. The second-order valence-electron chi connectivity index (χ2n) is 5.39. The van der Waals surface area contributed by atoms with Gasteiger partial charge in [0, 0.05) is 18.2 Å². The predicted octanol–water partition coefficient (Wildman–Crippen LogP) is 4.39. The van der Waals surface area contributed by atoms with Gasteiger partial charge in [-0.05, 0) is 35.6 Å². The molecule has 1 aliphatic heterocycles. The zero-order valence-electron chi connectivity index (χ0n) is 11.2. The number of nitrogens with one attached hydrogen (secondary N) is 1. The Hall–Kier alpha value is -1.39. The average Bonchev–Trinajstić information content (AvgIpc) is 2.68. The molecule has 2 nitrogen and oxygen atoms in total. The number of hydrogen-bond acceptors (Lipinski definition) is 2. The van der Waals surface area contributed by atoms with E-state index in [0.717, 1.165) is 17.8 Å². The second-order valence-corrected chi connectivity index (χ2v) is 5.39. The molecule has 0 aliphatic carbocycles. The molecule has 0 fully saturated rings. The van der Waals surface area contributed by atoms with E-state index in [-0.39, 0.29) is 11.7 Å². The molecule has 106 valence electrons. The molecule has 0 bridgehead atoms. The summed E-state index contributed by atoms with van der Waals surface area (Å²) in [5, 5.41) is 3.24. The third kappa shape index (κ3) is 3.14. The lowest BCUT2D eigenvalue weighted by Gasteiger charge is -2.23. The first kappa shape index (κ1) is 14.0. The maximum Gasteiger partial charge on any atom is 0.573 e. The van der Waals surface area contributed by atoms with Crippen LogP contribution in [0.5, 0.6) is 5.75 Å². The second kappa shape index (κ2) is 4.94. The van der Waals surface area contributed by atoms with E-state index in [1.54, 1.807) is 6.07 Å². The van der Waals surface area contributed by atoms with Gasteiger partial charge in [0.15, 0.2) is 0 Å². The molecule has 0 saturated carbocycles. The Bertz CT molecular complexity index is 456. The molecule has 1 heterocycles. The fourth-order valence-electron chi connectivity index (χ4n) is 2.47. The summed E-state index contributed by atoms with van der Waals surface area (Å²) in [4.78, 5) is 0. The van der Waals surface area contributed by atoms with Crippen molar-refractivity contribution in [2.45, 2.75) is 33.1 Å². The number of benzene rings is 1. The van der Waals surface area contributed by atoms with Crippen molar-refractivity contribution >= 4 is 5.69 Å². The molecule has 0 aromatic heterocycles. The van der Waals surface area contributed by atoms with Crippen molar-refractivity contribution in [1.29, 1.82) is 0 Å². The molecule has 2 unspecified atom stereocenters. The first-order valence-electron chi connectivity index (χ1n) is 6.41. The van der Waals surface area contributed by atoms with E-state index in [9.17, 15) is 13.2 Å². The monoisotopic (exact) mass is 273 g/mol. The smallest absolute Gasteiger partial charge is 0.406 e. The van der Waals surface area contributed by atoms with Gasteiger partial charge in [-0.1, -0.05) is 20.8 Å². The summed E-state index contributed by atoms with van der Waals surface area (Å²) >= 11 is 0. The lowest BCUT2D eigenvalue weighted by atomic mass is 9.82. The van der Waals surface area contributed by atoms with Crippen LogP contribution in [-0.4, -0.2) is 12.9 Å². The van der Waals surface area contributed by atoms with Crippen LogP contribution in [0.1, 0.15) is 32.3 Å². The van der Waals surface area contributed by atoms with Crippen LogP contribution in [0.25, 0.3) is 0 Å². The molecule has 1 aromatic rings. The quantitative estimate of drug-likeness (QED) is 0.882. The standard InChI is InChI=1S/C14H18F3NO/c1-8(2)9(3)12-7-18-13-5-4-10(6-11(12)13)19-14(15,16)17/h4-6,8-9,12,18H,7H2,1-3H3. The van der Waals surface area contributed by atoms with E-state index in [1.165, 1.54) is 12.1 Å². The van der Waals surface area contributed by atoms with Gasteiger partial charge in [0.25, 0.3) is 0 Å². The molecular formula is C14H18F3NO. The molecule has 1 aliphatic rings. The maximum absolute atomic E-state index is 12.2. The zero-order chi connectivity index (χ0) is 14.2. The Morgan fingerprint density at radius 2 is 1.95 bits per heavy atom. The number of fused-ring (bicyclic) bond motifs is 1. The van der Waals surface area contributed by atoms with Gasteiger partial charge < -0.3 is 10.1 Å². The molecule has 19 heavy (non-hydrogen) atoms. The van der Waals surface area contributed by atoms with E-state index >= 15 is 0 Å². The Morgan fingerprint density at radius 3 is 2.53 bits per heavy atom. The SMILES string of the molecule is CC(C)C(C)C1CNc2ccc(OC(F)(F)F)cc21. The van der Waals surface area contributed by atoms with E-state index < -0.39 is 6.36 Å². The first-order chi connectivity index (χ1) is 8.78. The molecule has 5 heteroatoms. The van der Waals surface area contributed by atoms with Gasteiger partial charge in [-0.2, -0.15) is 0 Å². The van der Waals surface area contributed by atoms with Crippen LogP contribution in [0.15, 0.2) is 18.2 Å². The van der Waals surface area contributed by atoms with Crippen LogP contribution in [0, 0.1) is 11.8 Å². The topological polar surface area (TPSA) is 21.3 Å². The summed E-state index contributed by atoms with van der Waals surface area (Å²) < 4.78 is 40.7. The number of anilines is 1. The number of halogens is 3. The van der Waals surface area contributed by atoms with Crippen LogP contribution >= 0.6 is 0 Å². The summed E-state index contributed by atoms with van der Waals surface area (Å²) in [6.07, 6.45) is -4.64. The minimum atomic E-state index is -4.64. The Balaban J connectivity index is 2.26. The fraction of sp³-hybridized carbons (Fsp3) is 0.571. The third-order valence-corrected chi connectivity index (χ3v) is 3.85. The van der Waals surface area contributed by atoms with Crippen molar-refractivity contribution < 1.29 is 17.9 Å². The Kier molecular flexibility index (Phi) is 3.65. The summed E-state index contributed by atoms with van der Waals surface area (Å²) in [5.41, 5.74) is 1.83. The van der Waals surface area contributed by atoms with Gasteiger partial charge in [-0.25, -0.2) is 0 Å². The summed E-state index contributed by atoms with van der Waals surface area (Å²) in [6, 6.07) is 4.51. The van der Waals surface area contributed by atoms with Crippen molar-refractivity contribution in [1.82, 2.24) is 0 Å². The minimum Gasteiger partial charge on any atom is -0.406 e. The molecule has 1 N–H and O–H groups in total. The van der Waals surface area contributed by atoms with Gasteiger partial charge >= 0.3 is 6.36 Å². The molecule has 2 atom stereocenters. The summed E-state index contributed by atoms with van der Waals surface area (Å²) in [5.74, 6) is 0.961. The summed E-state index contributed by atoms with van der Waals surface area (Å²) in [7, 11) is 0. The average molecular weight is 273 g/mol. The van der Waals surface area contributed by atoms with E-state index in [4.69, 9.17) is 0 Å². The van der Waals surface area contributed by atoms with E-state index in [1.807, 2.05) is 0 Å². The highest BCUT2D eigenvalue weighted by Gasteiger charge is 2.33. The molecular weight excluding hydrogens is 255 g/mol. The van der Waals surface area contributed by atoms with Gasteiger partial charge in [0.1, 0.15) is 5.75 Å². The lowest BCUT2D eigenvalue weighted by Crippen LogP contribution is -2.18. The molecule has 0 amide bonds. The zero-order valence-corrected chi connectivity index (χ0v) is 11.2. The van der Waals surface area contributed by atoms with Crippen LogP contribution < -0.4 is 10.1 Å². The van der Waals surface area contributed by atoms with Crippen molar-refractivity contribution in [2.75, 3.05) is 11.9 Å².